The van der Waals surface area contributed by atoms with E-state index in [9.17, 15) is 9.90 Å². The van der Waals surface area contributed by atoms with E-state index in [0.29, 0.717) is 12.0 Å². The van der Waals surface area contributed by atoms with Gasteiger partial charge < -0.3 is 5.11 Å². The van der Waals surface area contributed by atoms with Gasteiger partial charge in [0.25, 0.3) is 0 Å². The van der Waals surface area contributed by atoms with Crippen molar-refractivity contribution in [2.75, 3.05) is 5.33 Å². The number of hydrogen-bond acceptors (Lipinski definition) is 1. The van der Waals surface area contributed by atoms with E-state index in [1.165, 1.54) is 0 Å². The molecule has 0 unspecified atom stereocenters. The number of carboxylic acids is 1. The Hall–Kier alpha value is -0.350. The van der Waals surface area contributed by atoms with Crippen molar-refractivity contribution in [3.8, 4) is 0 Å². The minimum absolute atomic E-state index is 0.432. The van der Waals surface area contributed by atoms with Gasteiger partial charge in [0, 0.05) is 9.80 Å². The van der Waals surface area contributed by atoms with Crippen LogP contribution < -0.4 is 0 Å². The second-order valence-electron chi connectivity index (χ2n) is 3.40. The predicted octanol–water partition coefficient (Wildman–Crippen LogP) is 3.70. The average molecular weight is 336 g/mol. The first kappa shape index (κ1) is 12.7. The summed E-state index contributed by atoms with van der Waals surface area (Å²) in [7, 11) is 0. The summed E-state index contributed by atoms with van der Waals surface area (Å²) in [6.45, 7) is 3.77. The number of rotatable bonds is 3. The van der Waals surface area contributed by atoms with Gasteiger partial charge in [0.05, 0.1) is 5.56 Å². The SMILES string of the molecule is Cc1cc(Br)c(CCBr)c(C(=O)O)c1C. The highest BCUT2D eigenvalue weighted by molar-refractivity contribution is 9.10. The summed E-state index contributed by atoms with van der Waals surface area (Å²) in [6.07, 6.45) is 0.712. The maximum absolute atomic E-state index is 11.2. The van der Waals surface area contributed by atoms with E-state index < -0.39 is 5.97 Å². The van der Waals surface area contributed by atoms with Crippen LogP contribution in [0.15, 0.2) is 10.5 Å². The van der Waals surface area contributed by atoms with Crippen LogP contribution in [0.1, 0.15) is 27.0 Å². The normalized spacial score (nSPS) is 10.4. The van der Waals surface area contributed by atoms with Gasteiger partial charge >= 0.3 is 5.97 Å². The van der Waals surface area contributed by atoms with E-state index in [2.05, 4.69) is 31.9 Å². The molecule has 0 aliphatic rings. The zero-order chi connectivity index (χ0) is 11.6. The molecule has 0 aliphatic heterocycles. The summed E-state index contributed by atoms with van der Waals surface area (Å²) < 4.78 is 0.877. The fourth-order valence-corrected chi connectivity index (χ4v) is 2.69. The lowest BCUT2D eigenvalue weighted by molar-refractivity contribution is 0.0695. The summed E-state index contributed by atoms with van der Waals surface area (Å²) in [4.78, 5) is 11.2. The van der Waals surface area contributed by atoms with Crippen LogP contribution >= 0.6 is 31.9 Å². The summed E-state index contributed by atoms with van der Waals surface area (Å²) >= 11 is 6.75. The van der Waals surface area contributed by atoms with Crippen LogP contribution in [0.3, 0.4) is 0 Å². The van der Waals surface area contributed by atoms with Gasteiger partial charge in [-0.1, -0.05) is 31.9 Å². The number of carbonyl (C=O) groups is 1. The zero-order valence-corrected chi connectivity index (χ0v) is 11.8. The third-order valence-corrected chi connectivity index (χ3v) is 3.56. The molecule has 0 saturated carbocycles. The molecule has 1 aromatic carbocycles. The Labute approximate surface area is 106 Å². The highest BCUT2D eigenvalue weighted by atomic mass is 79.9. The number of benzene rings is 1. The van der Waals surface area contributed by atoms with Crippen molar-refractivity contribution < 1.29 is 9.90 Å². The molecule has 0 heterocycles. The smallest absolute Gasteiger partial charge is 0.336 e. The molecule has 15 heavy (non-hydrogen) atoms. The van der Waals surface area contributed by atoms with Gasteiger partial charge in [-0.3, -0.25) is 0 Å². The van der Waals surface area contributed by atoms with E-state index >= 15 is 0 Å². The minimum Gasteiger partial charge on any atom is -0.478 e. The number of alkyl halides is 1. The molecule has 0 aliphatic carbocycles. The van der Waals surface area contributed by atoms with E-state index in [1.54, 1.807) is 0 Å². The molecule has 0 fully saturated rings. The molecular weight excluding hydrogens is 324 g/mol. The zero-order valence-electron chi connectivity index (χ0n) is 8.60. The van der Waals surface area contributed by atoms with Crippen LogP contribution in [-0.2, 0) is 6.42 Å². The van der Waals surface area contributed by atoms with Gasteiger partial charge in [-0.05, 0) is 43.0 Å². The monoisotopic (exact) mass is 334 g/mol. The molecule has 0 atom stereocenters. The number of halogens is 2. The lowest BCUT2D eigenvalue weighted by Gasteiger charge is -2.13. The van der Waals surface area contributed by atoms with E-state index in [1.807, 2.05) is 19.9 Å². The second kappa shape index (κ2) is 5.12. The van der Waals surface area contributed by atoms with E-state index in [-0.39, 0.29) is 0 Å². The molecule has 0 radical (unpaired) electrons. The lowest BCUT2D eigenvalue weighted by atomic mass is 9.96. The third-order valence-electron chi connectivity index (χ3n) is 2.46. The standard InChI is InChI=1S/C11H12Br2O2/c1-6-5-9(13)8(3-4-12)10(7(6)2)11(14)15/h5H,3-4H2,1-2H3,(H,14,15). The van der Waals surface area contributed by atoms with Gasteiger partial charge in [-0.15, -0.1) is 0 Å². The first-order chi connectivity index (χ1) is 6.99. The van der Waals surface area contributed by atoms with Gasteiger partial charge in [-0.2, -0.15) is 0 Å². The highest BCUT2D eigenvalue weighted by Crippen LogP contribution is 2.27. The van der Waals surface area contributed by atoms with E-state index in [4.69, 9.17) is 0 Å². The topological polar surface area (TPSA) is 37.3 Å². The number of hydrogen-bond donors (Lipinski definition) is 1. The van der Waals surface area contributed by atoms with Gasteiger partial charge in [0.1, 0.15) is 0 Å². The fourth-order valence-electron chi connectivity index (χ4n) is 1.56. The minimum atomic E-state index is -0.854. The van der Waals surface area contributed by atoms with Crippen molar-refractivity contribution in [1.82, 2.24) is 0 Å². The third kappa shape index (κ3) is 2.61. The van der Waals surface area contributed by atoms with Crippen molar-refractivity contribution in [3.05, 3.63) is 32.8 Å². The first-order valence-corrected chi connectivity index (χ1v) is 6.48. The fraction of sp³-hybridized carbons (Fsp3) is 0.364. The molecule has 0 aromatic heterocycles. The lowest BCUT2D eigenvalue weighted by Crippen LogP contribution is -2.08. The maximum atomic E-state index is 11.2. The molecule has 0 bridgehead atoms. The van der Waals surface area contributed by atoms with Crippen LogP contribution in [0.25, 0.3) is 0 Å². The largest absolute Gasteiger partial charge is 0.478 e. The Morgan fingerprint density at radius 3 is 2.53 bits per heavy atom. The van der Waals surface area contributed by atoms with Crippen LogP contribution in [0.4, 0.5) is 0 Å². The molecular formula is C11H12Br2O2. The van der Waals surface area contributed by atoms with Crippen molar-refractivity contribution in [2.45, 2.75) is 20.3 Å². The summed E-state index contributed by atoms with van der Waals surface area (Å²) in [5.41, 5.74) is 3.14. The highest BCUT2D eigenvalue weighted by Gasteiger charge is 2.17. The van der Waals surface area contributed by atoms with Gasteiger partial charge in [0.2, 0.25) is 0 Å². The number of carboxylic acid groups (broad SMARTS) is 1. The molecule has 0 saturated heterocycles. The van der Waals surface area contributed by atoms with Crippen molar-refractivity contribution in [2.24, 2.45) is 0 Å². The Morgan fingerprint density at radius 1 is 1.47 bits per heavy atom. The Kier molecular flexibility index (Phi) is 4.34. The van der Waals surface area contributed by atoms with Crippen LogP contribution in [0.2, 0.25) is 0 Å². The Morgan fingerprint density at radius 2 is 2.07 bits per heavy atom. The summed E-state index contributed by atoms with van der Waals surface area (Å²) in [5, 5.41) is 9.94. The van der Waals surface area contributed by atoms with Crippen LogP contribution in [0, 0.1) is 13.8 Å². The Balaban J connectivity index is 3.47. The van der Waals surface area contributed by atoms with Crippen LogP contribution in [0.5, 0.6) is 0 Å². The van der Waals surface area contributed by atoms with E-state index in [0.717, 1.165) is 26.5 Å². The quantitative estimate of drug-likeness (QED) is 0.855. The van der Waals surface area contributed by atoms with Crippen molar-refractivity contribution in [3.63, 3.8) is 0 Å². The molecule has 82 valence electrons. The molecule has 1 N–H and O–H groups in total. The molecule has 0 spiro atoms. The molecule has 0 amide bonds. The van der Waals surface area contributed by atoms with Crippen LogP contribution in [-0.4, -0.2) is 16.4 Å². The molecule has 2 nitrogen and oxygen atoms in total. The summed E-state index contributed by atoms with van der Waals surface area (Å²) in [5.74, 6) is -0.854. The van der Waals surface area contributed by atoms with Gasteiger partial charge in [-0.25, -0.2) is 4.79 Å². The molecule has 1 aromatic rings. The van der Waals surface area contributed by atoms with Crippen molar-refractivity contribution in [1.29, 1.82) is 0 Å². The summed E-state index contributed by atoms with van der Waals surface area (Å²) in [6, 6.07) is 1.97. The number of aromatic carboxylic acids is 1. The van der Waals surface area contributed by atoms with Crippen molar-refractivity contribution >= 4 is 37.8 Å². The Bertz CT molecular complexity index is 400. The van der Waals surface area contributed by atoms with Gasteiger partial charge in [0.15, 0.2) is 0 Å². The maximum Gasteiger partial charge on any atom is 0.336 e. The molecule has 4 heteroatoms. The first-order valence-electron chi connectivity index (χ1n) is 4.56. The number of aryl methyl sites for hydroxylation is 1. The predicted molar refractivity (Wildman–Crippen MR) is 68.1 cm³/mol. The average Bonchev–Trinajstić information content (AvgIpc) is 2.14. The second-order valence-corrected chi connectivity index (χ2v) is 5.05. The molecule has 1 rings (SSSR count).